The molecular weight excluding hydrogens is 969 g/mol. The lowest BCUT2D eigenvalue weighted by atomic mass is 10.0. The predicted molar refractivity (Wildman–Crippen MR) is 348 cm³/mol. The van der Waals surface area contributed by atoms with Crippen LogP contribution in [0.15, 0.2) is 85.1 Å². The highest BCUT2D eigenvalue weighted by Gasteiger charge is 2.16. The van der Waals surface area contributed by atoms with Crippen LogP contribution in [0.25, 0.3) is 0 Å². The Morgan fingerprint density at radius 3 is 0.823 bits per heavy atom. The number of rotatable bonds is 64. The molecule has 0 heterocycles. The molecule has 79 heavy (non-hydrogen) atoms. The van der Waals surface area contributed by atoms with E-state index in [4.69, 9.17) is 9.47 Å². The molecule has 0 aliphatic heterocycles. The smallest absolute Gasteiger partial charge is 0.306 e. The standard InChI is InChI=1S/C74H132O5/c1-3-5-7-9-11-13-15-17-19-21-23-25-27-29-31-32-33-34-35-36-37-38-39-40-41-42-43-45-47-49-51-53-55-57-59-61-63-65-67-69-74(77)79-72(70-75)71-78-73(76)68-66-64-62-60-58-56-54-52-50-48-46-44-30-28-26-24-22-20-18-16-14-12-10-8-6-4-2/h5,7,11,13,17,19,23,25,29,31,33-34,36-37,72,75H,3-4,6,8-10,12,14-16,18,20-22,24,26-28,30,32,35,38-71H2,1-2H3/b7-5-,13-11-,19-17-,25-23-,31-29-,34-33-,37-36-. The molecule has 0 saturated heterocycles. The van der Waals surface area contributed by atoms with Gasteiger partial charge in [-0.25, -0.2) is 0 Å². The summed E-state index contributed by atoms with van der Waals surface area (Å²) in [7, 11) is 0. The van der Waals surface area contributed by atoms with Crippen LogP contribution in [0.4, 0.5) is 0 Å². The fourth-order valence-electron chi connectivity index (χ4n) is 10.3. The predicted octanol–water partition coefficient (Wildman–Crippen LogP) is 24.0. The Morgan fingerprint density at radius 2 is 0.544 bits per heavy atom. The van der Waals surface area contributed by atoms with Gasteiger partial charge < -0.3 is 14.6 Å². The largest absolute Gasteiger partial charge is 0.462 e. The van der Waals surface area contributed by atoms with Crippen LogP contribution in [0.3, 0.4) is 0 Å². The maximum Gasteiger partial charge on any atom is 0.306 e. The molecule has 1 N–H and O–H groups in total. The number of hydrogen-bond donors (Lipinski definition) is 1. The van der Waals surface area contributed by atoms with Gasteiger partial charge in [0.15, 0.2) is 6.10 Å². The number of aliphatic hydroxyl groups is 1. The van der Waals surface area contributed by atoms with Crippen molar-refractivity contribution in [2.24, 2.45) is 0 Å². The van der Waals surface area contributed by atoms with Gasteiger partial charge in [0.2, 0.25) is 0 Å². The summed E-state index contributed by atoms with van der Waals surface area (Å²) >= 11 is 0. The van der Waals surface area contributed by atoms with Gasteiger partial charge in [-0.15, -0.1) is 0 Å². The van der Waals surface area contributed by atoms with Gasteiger partial charge in [0.1, 0.15) is 6.61 Å². The lowest BCUT2D eigenvalue weighted by Gasteiger charge is -2.15. The molecule has 0 bridgehead atoms. The molecule has 0 rings (SSSR count). The molecule has 0 spiro atoms. The van der Waals surface area contributed by atoms with Crippen molar-refractivity contribution in [2.75, 3.05) is 13.2 Å². The molecule has 0 fully saturated rings. The first kappa shape index (κ1) is 76.1. The highest BCUT2D eigenvalue weighted by Crippen LogP contribution is 2.18. The van der Waals surface area contributed by atoms with Crippen LogP contribution in [0, 0.1) is 0 Å². The van der Waals surface area contributed by atoms with Gasteiger partial charge in [0.25, 0.3) is 0 Å². The molecule has 5 nitrogen and oxygen atoms in total. The summed E-state index contributed by atoms with van der Waals surface area (Å²) in [6, 6.07) is 0. The van der Waals surface area contributed by atoms with Crippen LogP contribution < -0.4 is 0 Å². The topological polar surface area (TPSA) is 72.8 Å². The molecule has 1 atom stereocenters. The molecular formula is C74H132O5. The monoisotopic (exact) mass is 1100 g/mol. The fourth-order valence-corrected chi connectivity index (χ4v) is 10.3. The minimum absolute atomic E-state index is 0.0622. The Kier molecular flexibility index (Phi) is 66.8. The Labute approximate surface area is 492 Å². The number of aliphatic hydroxyl groups excluding tert-OH is 1. The fraction of sp³-hybridized carbons (Fsp3) is 0.784. The molecule has 0 aliphatic rings. The van der Waals surface area contributed by atoms with Gasteiger partial charge in [0, 0.05) is 12.8 Å². The van der Waals surface area contributed by atoms with Gasteiger partial charge in [-0.2, -0.15) is 0 Å². The van der Waals surface area contributed by atoms with Crippen molar-refractivity contribution in [2.45, 2.75) is 360 Å². The Hall–Kier alpha value is -2.92. The Balaban J connectivity index is 3.44. The molecule has 0 aliphatic carbocycles. The first-order chi connectivity index (χ1) is 39.1. The van der Waals surface area contributed by atoms with Gasteiger partial charge in [-0.3, -0.25) is 9.59 Å². The molecule has 0 amide bonds. The van der Waals surface area contributed by atoms with Crippen molar-refractivity contribution >= 4 is 11.9 Å². The van der Waals surface area contributed by atoms with Crippen molar-refractivity contribution in [3.63, 3.8) is 0 Å². The number of carbonyl (C=O) groups is 2. The third-order valence-corrected chi connectivity index (χ3v) is 15.5. The van der Waals surface area contributed by atoms with Crippen LogP contribution in [0.1, 0.15) is 354 Å². The second kappa shape index (κ2) is 69.3. The Bertz CT molecular complexity index is 1430. The zero-order valence-electron chi connectivity index (χ0n) is 52.6. The van der Waals surface area contributed by atoms with E-state index in [0.29, 0.717) is 12.8 Å². The molecule has 1 unspecified atom stereocenters. The first-order valence-electron chi connectivity index (χ1n) is 34.6. The van der Waals surface area contributed by atoms with Crippen molar-refractivity contribution in [1.29, 1.82) is 0 Å². The summed E-state index contributed by atoms with van der Waals surface area (Å²) < 4.78 is 10.8. The van der Waals surface area contributed by atoms with Crippen molar-refractivity contribution in [3.05, 3.63) is 85.1 Å². The normalized spacial score (nSPS) is 12.7. The maximum atomic E-state index is 12.4. The van der Waals surface area contributed by atoms with Gasteiger partial charge >= 0.3 is 11.9 Å². The highest BCUT2D eigenvalue weighted by atomic mass is 16.6. The van der Waals surface area contributed by atoms with Gasteiger partial charge in [0.05, 0.1) is 6.61 Å². The van der Waals surface area contributed by atoms with E-state index >= 15 is 0 Å². The molecule has 0 aromatic rings. The third-order valence-electron chi connectivity index (χ3n) is 15.5. The van der Waals surface area contributed by atoms with Crippen LogP contribution >= 0.6 is 0 Å². The summed E-state index contributed by atoms with van der Waals surface area (Å²) in [6.07, 6.45) is 97.6. The second-order valence-electron chi connectivity index (χ2n) is 23.2. The number of ether oxygens (including phenoxy) is 2. The first-order valence-corrected chi connectivity index (χ1v) is 34.6. The maximum absolute atomic E-state index is 12.4. The second-order valence-corrected chi connectivity index (χ2v) is 23.2. The van der Waals surface area contributed by atoms with E-state index in [-0.39, 0.29) is 25.2 Å². The Morgan fingerprint density at radius 1 is 0.304 bits per heavy atom. The molecule has 0 radical (unpaired) electrons. The van der Waals surface area contributed by atoms with Crippen molar-refractivity contribution in [3.8, 4) is 0 Å². The van der Waals surface area contributed by atoms with Crippen LogP contribution in [0.5, 0.6) is 0 Å². The molecule has 0 aromatic heterocycles. The summed E-state index contributed by atoms with van der Waals surface area (Å²) in [5.41, 5.74) is 0. The lowest BCUT2D eigenvalue weighted by molar-refractivity contribution is -0.161. The summed E-state index contributed by atoms with van der Waals surface area (Å²) in [4.78, 5) is 24.6. The number of hydrogen-bond acceptors (Lipinski definition) is 5. The number of unbranched alkanes of at least 4 members (excludes halogenated alkanes) is 42. The van der Waals surface area contributed by atoms with E-state index < -0.39 is 6.10 Å². The van der Waals surface area contributed by atoms with Crippen molar-refractivity contribution < 1.29 is 24.2 Å². The molecule has 0 aromatic carbocycles. The number of allylic oxidation sites excluding steroid dienone is 14. The summed E-state index contributed by atoms with van der Waals surface area (Å²) in [6.45, 7) is 4.08. The summed E-state index contributed by atoms with van der Waals surface area (Å²) in [5.74, 6) is -0.572. The van der Waals surface area contributed by atoms with Crippen molar-refractivity contribution in [1.82, 2.24) is 0 Å². The van der Waals surface area contributed by atoms with Crippen LogP contribution in [-0.4, -0.2) is 36.4 Å². The third kappa shape index (κ3) is 67.5. The zero-order chi connectivity index (χ0) is 56.9. The van der Waals surface area contributed by atoms with E-state index in [9.17, 15) is 14.7 Å². The van der Waals surface area contributed by atoms with E-state index in [1.54, 1.807) is 0 Å². The quantitative estimate of drug-likeness (QED) is 0.0373. The molecule has 5 heteroatoms. The van der Waals surface area contributed by atoms with Gasteiger partial charge in [-0.05, 0) is 70.6 Å². The zero-order valence-corrected chi connectivity index (χ0v) is 52.6. The number of esters is 2. The average molecular weight is 1100 g/mol. The van der Waals surface area contributed by atoms with E-state index in [1.807, 2.05) is 0 Å². The SMILES string of the molecule is CC/C=C\C/C=C\C/C=C\C/C=C\C/C=C\C/C=C\C/C=C\CCCCCCCCCCCCCCCCCCCC(=O)OC(CO)COC(=O)CCCCCCCCCCCCCCCCCCCCCCCCCCCC. The van der Waals surface area contributed by atoms with E-state index in [2.05, 4.69) is 98.9 Å². The van der Waals surface area contributed by atoms with Gasteiger partial charge in [-0.1, -0.05) is 356 Å². The minimum Gasteiger partial charge on any atom is -0.462 e. The highest BCUT2D eigenvalue weighted by molar-refractivity contribution is 5.70. The van der Waals surface area contributed by atoms with Crippen LogP contribution in [0.2, 0.25) is 0 Å². The minimum atomic E-state index is -0.773. The molecule has 0 saturated carbocycles. The lowest BCUT2D eigenvalue weighted by Crippen LogP contribution is -2.28. The van der Waals surface area contributed by atoms with E-state index in [0.717, 1.165) is 83.5 Å². The molecule has 458 valence electrons. The van der Waals surface area contributed by atoms with E-state index in [1.165, 1.54) is 244 Å². The average Bonchev–Trinajstić information content (AvgIpc) is 3.45. The summed E-state index contributed by atoms with van der Waals surface area (Å²) in [5, 5.41) is 9.70. The number of carbonyl (C=O) groups excluding carboxylic acids is 2. The van der Waals surface area contributed by atoms with Crippen LogP contribution in [-0.2, 0) is 19.1 Å².